The Balaban J connectivity index is 1.35. The number of carbonyl (C=O) groups is 1. The van der Waals surface area contributed by atoms with E-state index in [2.05, 4.69) is 41.1 Å². The standard InChI is InChI=1S/C30H38N2O4/c1-21-6-3-4-7-22(21)8-5-16-32-17-14-23(24(20-32)18-30(34)35)9-12-29(33)26-13-15-31-28-11-10-25(36-2)19-27(26)28/h3-4,6-7,10-11,13,15,19,23-24,29,33H,5,8-9,12,14,16-18,20H2,1-2H3,(H,34,35)/t23-,24+,29-/m1/s1. The third-order valence-corrected chi connectivity index (χ3v) is 7.75. The number of carboxylic acids is 1. The van der Waals surface area contributed by atoms with E-state index < -0.39 is 12.1 Å². The van der Waals surface area contributed by atoms with Crippen molar-refractivity contribution in [3.05, 3.63) is 71.4 Å². The highest BCUT2D eigenvalue weighted by Crippen LogP contribution is 2.35. The van der Waals surface area contributed by atoms with Crippen LogP contribution in [-0.4, -0.2) is 52.8 Å². The molecule has 1 fully saturated rings. The van der Waals surface area contributed by atoms with Gasteiger partial charge in [-0.15, -0.1) is 0 Å². The number of aliphatic hydroxyl groups is 1. The molecule has 2 aromatic carbocycles. The number of likely N-dealkylation sites (tertiary alicyclic amines) is 1. The zero-order valence-corrected chi connectivity index (χ0v) is 21.4. The van der Waals surface area contributed by atoms with Gasteiger partial charge in [-0.25, -0.2) is 0 Å². The van der Waals surface area contributed by atoms with Crippen molar-refractivity contribution < 1.29 is 19.7 Å². The number of ether oxygens (including phenoxy) is 1. The van der Waals surface area contributed by atoms with Crippen molar-refractivity contribution in [3.63, 3.8) is 0 Å². The van der Waals surface area contributed by atoms with Crippen LogP contribution in [0.25, 0.3) is 10.9 Å². The van der Waals surface area contributed by atoms with Gasteiger partial charge >= 0.3 is 5.97 Å². The van der Waals surface area contributed by atoms with Gasteiger partial charge in [-0.2, -0.15) is 0 Å². The number of hydrogen-bond donors (Lipinski definition) is 2. The molecule has 2 N–H and O–H groups in total. The van der Waals surface area contributed by atoms with Gasteiger partial charge in [0.05, 0.1) is 18.7 Å². The van der Waals surface area contributed by atoms with E-state index >= 15 is 0 Å². The van der Waals surface area contributed by atoms with Crippen LogP contribution < -0.4 is 4.74 Å². The number of aryl methyl sites for hydroxylation is 2. The monoisotopic (exact) mass is 490 g/mol. The first-order chi connectivity index (χ1) is 17.4. The van der Waals surface area contributed by atoms with Gasteiger partial charge in [0.1, 0.15) is 5.75 Å². The molecule has 2 heterocycles. The molecule has 1 aromatic heterocycles. The summed E-state index contributed by atoms with van der Waals surface area (Å²) in [6.07, 6.45) is 5.80. The van der Waals surface area contributed by atoms with E-state index in [1.807, 2.05) is 24.3 Å². The molecule has 0 radical (unpaired) electrons. The van der Waals surface area contributed by atoms with Crippen LogP contribution in [0.3, 0.4) is 0 Å². The molecule has 4 rings (SSSR count). The SMILES string of the molecule is COc1ccc2nccc([C@H](O)CC[C@@H]3CCN(CCCc4ccccc4C)C[C@@H]3CC(=O)O)c2c1. The molecule has 0 spiro atoms. The summed E-state index contributed by atoms with van der Waals surface area (Å²) in [5, 5.41) is 21.5. The molecule has 1 aliphatic heterocycles. The van der Waals surface area contributed by atoms with Gasteiger partial charge in [0.25, 0.3) is 0 Å². The number of pyridine rings is 1. The predicted octanol–water partition coefficient (Wildman–Crippen LogP) is 5.41. The molecule has 3 atom stereocenters. The number of rotatable bonds is 11. The molecule has 1 saturated heterocycles. The normalized spacial score (nSPS) is 19.3. The third kappa shape index (κ3) is 6.62. The lowest BCUT2D eigenvalue weighted by molar-refractivity contribution is -0.139. The summed E-state index contributed by atoms with van der Waals surface area (Å²) >= 11 is 0. The summed E-state index contributed by atoms with van der Waals surface area (Å²) in [4.78, 5) is 18.5. The number of aliphatic carboxylic acids is 1. The first kappa shape index (κ1) is 26.1. The minimum Gasteiger partial charge on any atom is -0.497 e. The fourth-order valence-corrected chi connectivity index (χ4v) is 5.67. The van der Waals surface area contributed by atoms with Crippen LogP contribution in [-0.2, 0) is 11.2 Å². The van der Waals surface area contributed by atoms with Crippen LogP contribution >= 0.6 is 0 Å². The Morgan fingerprint density at radius 3 is 2.81 bits per heavy atom. The average molecular weight is 491 g/mol. The molecule has 1 aliphatic rings. The maximum atomic E-state index is 11.6. The summed E-state index contributed by atoms with van der Waals surface area (Å²) in [6.45, 7) is 4.95. The predicted molar refractivity (Wildman–Crippen MR) is 142 cm³/mol. The molecule has 0 aliphatic carbocycles. The lowest BCUT2D eigenvalue weighted by Gasteiger charge is -2.38. The second-order valence-electron chi connectivity index (χ2n) is 10.1. The molecule has 0 bridgehead atoms. The number of nitrogens with zero attached hydrogens (tertiary/aromatic N) is 2. The number of benzene rings is 2. The molecular weight excluding hydrogens is 452 g/mol. The summed E-state index contributed by atoms with van der Waals surface area (Å²) in [5.41, 5.74) is 4.40. The van der Waals surface area contributed by atoms with Crippen molar-refractivity contribution in [2.24, 2.45) is 11.8 Å². The maximum Gasteiger partial charge on any atom is 0.303 e. The van der Waals surface area contributed by atoms with Gasteiger partial charge in [0, 0.05) is 24.5 Å². The number of methoxy groups -OCH3 is 1. The first-order valence-electron chi connectivity index (χ1n) is 13.0. The van der Waals surface area contributed by atoms with Crippen LogP contribution in [0.2, 0.25) is 0 Å². The van der Waals surface area contributed by atoms with Crippen molar-refractivity contribution in [1.82, 2.24) is 9.88 Å². The Bertz CT molecular complexity index is 1160. The highest BCUT2D eigenvalue weighted by atomic mass is 16.5. The number of carboxylic acid groups (broad SMARTS) is 1. The second kappa shape index (κ2) is 12.3. The Hall–Kier alpha value is -2.96. The van der Waals surface area contributed by atoms with Gasteiger partial charge in [-0.3, -0.25) is 9.78 Å². The number of aliphatic hydroxyl groups excluding tert-OH is 1. The lowest BCUT2D eigenvalue weighted by Crippen LogP contribution is -2.42. The number of aromatic nitrogens is 1. The lowest BCUT2D eigenvalue weighted by atomic mass is 9.79. The van der Waals surface area contributed by atoms with Gasteiger partial charge in [0.2, 0.25) is 0 Å². The maximum absolute atomic E-state index is 11.6. The van der Waals surface area contributed by atoms with Gasteiger partial charge in [-0.05, 0) is 105 Å². The minimum atomic E-state index is -0.737. The first-order valence-corrected chi connectivity index (χ1v) is 13.0. The fraction of sp³-hybridized carbons (Fsp3) is 0.467. The minimum absolute atomic E-state index is 0.108. The van der Waals surface area contributed by atoms with Crippen LogP contribution in [0.4, 0.5) is 0 Å². The van der Waals surface area contributed by atoms with E-state index in [1.165, 1.54) is 11.1 Å². The van der Waals surface area contributed by atoms with Crippen LogP contribution in [0.15, 0.2) is 54.7 Å². The van der Waals surface area contributed by atoms with Crippen LogP contribution in [0, 0.1) is 18.8 Å². The smallest absolute Gasteiger partial charge is 0.303 e. The quantitative estimate of drug-likeness (QED) is 0.374. The highest BCUT2D eigenvalue weighted by Gasteiger charge is 2.31. The third-order valence-electron chi connectivity index (χ3n) is 7.75. The summed E-state index contributed by atoms with van der Waals surface area (Å²) < 4.78 is 5.36. The molecule has 0 unspecified atom stereocenters. The topological polar surface area (TPSA) is 82.9 Å². The van der Waals surface area contributed by atoms with Crippen molar-refractivity contribution >= 4 is 16.9 Å². The highest BCUT2D eigenvalue weighted by molar-refractivity contribution is 5.83. The van der Waals surface area contributed by atoms with Crippen LogP contribution in [0.5, 0.6) is 5.75 Å². The Kier molecular flexibility index (Phi) is 8.94. The van der Waals surface area contributed by atoms with E-state index in [-0.39, 0.29) is 12.3 Å². The van der Waals surface area contributed by atoms with E-state index in [0.717, 1.165) is 67.5 Å². The van der Waals surface area contributed by atoms with E-state index in [0.29, 0.717) is 12.3 Å². The molecule has 3 aromatic rings. The molecule has 36 heavy (non-hydrogen) atoms. The summed E-state index contributed by atoms with van der Waals surface area (Å²) in [6, 6.07) is 16.1. The molecule has 6 heteroatoms. The summed E-state index contributed by atoms with van der Waals surface area (Å²) in [7, 11) is 1.63. The van der Waals surface area contributed by atoms with E-state index in [1.54, 1.807) is 13.3 Å². The molecular formula is C30H38N2O4. The Labute approximate surface area is 213 Å². The van der Waals surface area contributed by atoms with Gasteiger partial charge < -0.3 is 19.8 Å². The number of piperidine rings is 1. The van der Waals surface area contributed by atoms with Crippen molar-refractivity contribution in [2.75, 3.05) is 26.7 Å². The van der Waals surface area contributed by atoms with E-state index in [4.69, 9.17) is 4.74 Å². The zero-order valence-electron chi connectivity index (χ0n) is 21.4. The largest absolute Gasteiger partial charge is 0.497 e. The Morgan fingerprint density at radius 2 is 2.03 bits per heavy atom. The summed E-state index contributed by atoms with van der Waals surface area (Å²) in [5.74, 6) is 0.405. The van der Waals surface area contributed by atoms with E-state index in [9.17, 15) is 15.0 Å². The van der Waals surface area contributed by atoms with Gasteiger partial charge in [0.15, 0.2) is 0 Å². The molecule has 192 valence electrons. The molecule has 6 nitrogen and oxygen atoms in total. The number of fused-ring (bicyclic) bond motifs is 1. The average Bonchev–Trinajstić information content (AvgIpc) is 2.88. The number of hydrogen-bond acceptors (Lipinski definition) is 5. The van der Waals surface area contributed by atoms with Crippen LogP contribution in [0.1, 0.15) is 54.9 Å². The fourth-order valence-electron chi connectivity index (χ4n) is 5.67. The zero-order chi connectivity index (χ0) is 25.5. The molecule has 0 saturated carbocycles. The van der Waals surface area contributed by atoms with Crippen molar-refractivity contribution in [1.29, 1.82) is 0 Å². The molecule has 0 amide bonds. The second-order valence-corrected chi connectivity index (χ2v) is 10.1. The van der Waals surface area contributed by atoms with Gasteiger partial charge in [-0.1, -0.05) is 24.3 Å². The van der Waals surface area contributed by atoms with Crippen molar-refractivity contribution in [3.8, 4) is 5.75 Å². The Morgan fingerprint density at radius 1 is 1.19 bits per heavy atom. The van der Waals surface area contributed by atoms with Crippen molar-refractivity contribution in [2.45, 2.75) is 51.6 Å².